The molecule has 2 aromatic rings. The Morgan fingerprint density at radius 2 is 1.90 bits per heavy atom. The number of pyridine rings is 1. The van der Waals surface area contributed by atoms with Crippen LogP contribution < -0.4 is 10.9 Å². The fourth-order valence-electron chi connectivity index (χ4n) is 1.77. The maximum Gasteiger partial charge on any atom is 0.322 e. The smallest absolute Gasteiger partial charge is 0.322 e. The van der Waals surface area contributed by atoms with E-state index in [9.17, 15) is 14.7 Å². The molecule has 0 saturated carbocycles. The van der Waals surface area contributed by atoms with Gasteiger partial charge >= 0.3 is 5.97 Å². The summed E-state index contributed by atoms with van der Waals surface area (Å²) >= 11 is 0. The summed E-state index contributed by atoms with van der Waals surface area (Å²) in [5, 5.41) is 9.19. The Balaban J connectivity index is 1.95. The van der Waals surface area contributed by atoms with Crippen LogP contribution in [0.3, 0.4) is 0 Å². The summed E-state index contributed by atoms with van der Waals surface area (Å²) in [6.07, 6.45) is 3.23. The number of nitrogens with one attached hydrogen (secondary N) is 2. The number of benzene rings is 1. The van der Waals surface area contributed by atoms with E-state index in [0.717, 1.165) is 5.56 Å². The highest BCUT2D eigenvalue weighted by molar-refractivity contribution is 5.93. The summed E-state index contributed by atoms with van der Waals surface area (Å²) in [4.78, 5) is 26.9. The van der Waals surface area contributed by atoms with Gasteiger partial charge in [0.2, 0.25) is 0 Å². The van der Waals surface area contributed by atoms with Crippen molar-refractivity contribution in [1.82, 2.24) is 15.8 Å². The number of rotatable bonds is 6. The Morgan fingerprint density at radius 3 is 2.52 bits per heavy atom. The monoisotopic (exact) mass is 285 g/mol. The number of nitrogens with zero attached hydrogens (tertiary/aromatic N) is 1. The van der Waals surface area contributed by atoms with Gasteiger partial charge in [0.25, 0.3) is 5.91 Å². The first-order valence-electron chi connectivity index (χ1n) is 6.39. The summed E-state index contributed by atoms with van der Waals surface area (Å²) in [7, 11) is 0. The number of aromatic nitrogens is 1. The van der Waals surface area contributed by atoms with E-state index in [-0.39, 0.29) is 6.42 Å². The first kappa shape index (κ1) is 14.7. The first-order valence-corrected chi connectivity index (χ1v) is 6.39. The molecule has 108 valence electrons. The molecule has 1 aromatic heterocycles. The van der Waals surface area contributed by atoms with Crippen LogP contribution in [-0.4, -0.2) is 28.0 Å². The fraction of sp³-hybridized carbons (Fsp3) is 0.133. The normalized spacial score (nSPS) is 11.6. The van der Waals surface area contributed by atoms with Gasteiger partial charge in [-0.25, -0.2) is 5.43 Å². The molecule has 1 amide bonds. The summed E-state index contributed by atoms with van der Waals surface area (Å²) in [5.41, 5.74) is 6.15. The minimum Gasteiger partial charge on any atom is -0.480 e. The van der Waals surface area contributed by atoms with Crippen molar-refractivity contribution >= 4 is 11.9 Å². The van der Waals surface area contributed by atoms with Crippen molar-refractivity contribution in [2.45, 2.75) is 12.5 Å². The molecular weight excluding hydrogens is 270 g/mol. The Labute approximate surface area is 121 Å². The van der Waals surface area contributed by atoms with Gasteiger partial charge in [-0.2, -0.15) is 0 Å². The lowest BCUT2D eigenvalue weighted by atomic mass is 10.1. The van der Waals surface area contributed by atoms with Crippen LogP contribution >= 0.6 is 0 Å². The molecule has 0 radical (unpaired) electrons. The van der Waals surface area contributed by atoms with Crippen molar-refractivity contribution in [2.75, 3.05) is 0 Å². The predicted molar refractivity (Wildman–Crippen MR) is 76.4 cm³/mol. The third-order valence-electron chi connectivity index (χ3n) is 2.86. The quantitative estimate of drug-likeness (QED) is 0.689. The summed E-state index contributed by atoms with van der Waals surface area (Å²) in [5.74, 6) is -1.47. The third kappa shape index (κ3) is 4.39. The molecule has 0 aliphatic heterocycles. The van der Waals surface area contributed by atoms with Gasteiger partial charge in [0.1, 0.15) is 6.04 Å². The second-order valence-corrected chi connectivity index (χ2v) is 4.42. The molecule has 0 fully saturated rings. The van der Waals surface area contributed by atoms with E-state index >= 15 is 0 Å². The maximum absolute atomic E-state index is 11.8. The van der Waals surface area contributed by atoms with Gasteiger partial charge in [-0.3, -0.25) is 20.0 Å². The number of carbonyl (C=O) groups is 2. The van der Waals surface area contributed by atoms with E-state index in [1.54, 1.807) is 18.3 Å². The molecule has 0 aliphatic rings. The number of hydrogen-bond donors (Lipinski definition) is 3. The zero-order chi connectivity index (χ0) is 15.1. The Kier molecular flexibility index (Phi) is 5.00. The summed E-state index contributed by atoms with van der Waals surface area (Å²) in [6.45, 7) is 0. The summed E-state index contributed by atoms with van der Waals surface area (Å²) in [6, 6.07) is 11.5. The van der Waals surface area contributed by atoms with Crippen molar-refractivity contribution < 1.29 is 14.7 Å². The van der Waals surface area contributed by atoms with E-state index < -0.39 is 17.9 Å². The number of hydrogen-bond acceptors (Lipinski definition) is 4. The SMILES string of the molecule is O=C(NNC(Cc1ccccc1)C(=O)O)c1cccnc1. The highest BCUT2D eigenvalue weighted by atomic mass is 16.4. The van der Waals surface area contributed by atoms with Crippen LogP contribution in [0.2, 0.25) is 0 Å². The third-order valence-corrected chi connectivity index (χ3v) is 2.86. The van der Waals surface area contributed by atoms with Crippen LogP contribution in [0.1, 0.15) is 15.9 Å². The number of hydrazine groups is 1. The lowest BCUT2D eigenvalue weighted by Gasteiger charge is -2.15. The average molecular weight is 285 g/mol. The molecule has 0 saturated heterocycles. The number of amides is 1. The van der Waals surface area contributed by atoms with Crippen LogP contribution in [0, 0.1) is 0 Å². The molecule has 2 rings (SSSR count). The molecule has 1 unspecified atom stereocenters. The second-order valence-electron chi connectivity index (χ2n) is 4.42. The van der Waals surface area contributed by atoms with Gasteiger partial charge in [0, 0.05) is 18.8 Å². The van der Waals surface area contributed by atoms with Crippen molar-refractivity contribution in [3.8, 4) is 0 Å². The molecule has 3 N–H and O–H groups in total. The zero-order valence-corrected chi connectivity index (χ0v) is 11.2. The van der Waals surface area contributed by atoms with Gasteiger partial charge < -0.3 is 5.11 Å². The Bertz CT molecular complexity index is 602. The Morgan fingerprint density at radius 1 is 1.14 bits per heavy atom. The largest absolute Gasteiger partial charge is 0.480 e. The minimum absolute atomic E-state index is 0.267. The second kappa shape index (κ2) is 7.16. The minimum atomic E-state index is -1.04. The number of carboxylic acids is 1. The van der Waals surface area contributed by atoms with Gasteiger partial charge in [-0.15, -0.1) is 0 Å². The molecule has 1 aromatic carbocycles. The van der Waals surface area contributed by atoms with Crippen LogP contribution in [-0.2, 0) is 11.2 Å². The van der Waals surface area contributed by atoms with Crippen molar-refractivity contribution in [3.63, 3.8) is 0 Å². The van der Waals surface area contributed by atoms with E-state index in [1.807, 2.05) is 30.3 Å². The average Bonchev–Trinajstić information content (AvgIpc) is 2.52. The molecular formula is C15H15N3O3. The Hall–Kier alpha value is -2.73. The molecule has 1 atom stereocenters. The molecule has 6 heteroatoms. The van der Waals surface area contributed by atoms with E-state index in [4.69, 9.17) is 0 Å². The molecule has 0 aliphatic carbocycles. The van der Waals surface area contributed by atoms with Crippen molar-refractivity contribution in [2.24, 2.45) is 0 Å². The van der Waals surface area contributed by atoms with Gasteiger partial charge in [-0.05, 0) is 17.7 Å². The van der Waals surface area contributed by atoms with E-state index in [0.29, 0.717) is 5.56 Å². The van der Waals surface area contributed by atoms with E-state index in [1.165, 1.54) is 6.20 Å². The highest BCUT2D eigenvalue weighted by Gasteiger charge is 2.18. The topological polar surface area (TPSA) is 91.3 Å². The van der Waals surface area contributed by atoms with Crippen LogP contribution in [0.15, 0.2) is 54.9 Å². The molecule has 6 nitrogen and oxygen atoms in total. The fourth-order valence-corrected chi connectivity index (χ4v) is 1.77. The molecule has 0 bridgehead atoms. The molecule has 1 heterocycles. The van der Waals surface area contributed by atoms with Crippen molar-refractivity contribution in [3.05, 3.63) is 66.0 Å². The van der Waals surface area contributed by atoms with Crippen LogP contribution in [0.4, 0.5) is 0 Å². The van der Waals surface area contributed by atoms with Gasteiger partial charge in [0.05, 0.1) is 5.56 Å². The lowest BCUT2D eigenvalue weighted by molar-refractivity contribution is -0.139. The van der Waals surface area contributed by atoms with E-state index in [2.05, 4.69) is 15.8 Å². The standard InChI is InChI=1S/C15H15N3O3/c19-14(12-7-4-8-16-10-12)18-17-13(15(20)21)9-11-5-2-1-3-6-11/h1-8,10,13,17H,9H2,(H,18,19)(H,20,21). The number of carboxylic acid groups (broad SMARTS) is 1. The van der Waals surface area contributed by atoms with Crippen molar-refractivity contribution in [1.29, 1.82) is 0 Å². The molecule has 0 spiro atoms. The lowest BCUT2D eigenvalue weighted by Crippen LogP contribution is -2.49. The number of aliphatic carboxylic acids is 1. The first-order chi connectivity index (χ1) is 10.2. The molecule has 21 heavy (non-hydrogen) atoms. The summed E-state index contributed by atoms with van der Waals surface area (Å²) < 4.78 is 0. The van der Waals surface area contributed by atoms with Gasteiger partial charge in [-0.1, -0.05) is 30.3 Å². The number of carbonyl (C=O) groups excluding carboxylic acids is 1. The van der Waals surface area contributed by atoms with Crippen LogP contribution in [0.25, 0.3) is 0 Å². The van der Waals surface area contributed by atoms with Crippen LogP contribution in [0.5, 0.6) is 0 Å². The maximum atomic E-state index is 11.8. The van der Waals surface area contributed by atoms with Gasteiger partial charge in [0.15, 0.2) is 0 Å². The highest BCUT2D eigenvalue weighted by Crippen LogP contribution is 2.03. The predicted octanol–water partition coefficient (Wildman–Crippen LogP) is 1.01. The zero-order valence-electron chi connectivity index (χ0n) is 11.2.